The molecule has 2 heterocycles. The quantitative estimate of drug-likeness (QED) is 0.416. The topological polar surface area (TPSA) is 12.5 Å². The highest BCUT2D eigenvalue weighted by atomic mass is 16.5. The van der Waals surface area contributed by atoms with Crippen LogP contribution < -0.4 is 0 Å². The molecule has 0 spiro atoms. The van der Waals surface area contributed by atoms with E-state index in [1.165, 1.54) is 41.5 Å². The summed E-state index contributed by atoms with van der Waals surface area (Å²) < 4.78 is 6.06. The minimum absolute atomic E-state index is 0.183. The van der Waals surface area contributed by atoms with Crippen LogP contribution in [0.4, 0.5) is 0 Å². The maximum absolute atomic E-state index is 6.06. The number of nitrogens with zero attached hydrogens (tertiary/aromatic N) is 1. The molecule has 0 radical (unpaired) electrons. The smallest absolute Gasteiger partial charge is 0.0825 e. The predicted molar refractivity (Wildman–Crippen MR) is 141 cm³/mol. The van der Waals surface area contributed by atoms with Crippen LogP contribution in [0.5, 0.6) is 0 Å². The molecule has 2 heteroatoms. The molecule has 0 bridgehead atoms. The van der Waals surface area contributed by atoms with Crippen molar-refractivity contribution in [1.29, 1.82) is 0 Å². The van der Waals surface area contributed by atoms with E-state index in [0.29, 0.717) is 11.8 Å². The molecule has 2 unspecified atom stereocenters. The molecule has 0 amide bonds. The number of likely N-dealkylation sites (tertiary alicyclic amines) is 1. The van der Waals surface area contributed by atoms with Gasteiger partial charge in [0.25, 0.3) is 0 Å². The van der Waals surface area contributed by atoms with Gasteiger partial charge in [-0.15, -0.1) is 6.58 Å². The van der Waals surface area contributed by atoms with E-state index >= 15 is 0 Å². The fourth-order valence-electron chi connectivity index (χ4n) is 6.36. The molecule has 0 N–H and O–H groups in total. The molecule has 2 aromatic carbocycles. The second-order valence-electron chi connectivity index (χ2n) is 11.7. The van der Waals surface area contributed by atoms with Crippen molar-refractivity contribution in [2.45, 2.75) is 89.8 Å². The summed E-state index contributed by atoms with van der Waals surface area (Å²) in [5.41, 5.74) is 5.74. The van der Waals surface area contributed by atoms with E-state index in [0.717, 1.165) is 26.0 Å². The van der Waals surface area contributed by atoms with Crippen LogP contribution in [0.3, 0.4) is 0 Å². The predicted octanol–water partition coefficient (Wildman–Crippen LogP) is 8.15. The van der Waals surface area contributed by atoms with E-state index in [9.17, 15) is 0 Å². The van der Waals surface area contributed by atoms with E-state index in [4.69, 9.17) is 4.74 Å². The van der Waals surface area contributed by atoms with Gasteiger partial charge in [-0.3, -0.25) is 4.90 Å². The lowest BCUT2D eigenvalue weighted by atomic mass is 9.71. The maximum atomic E-state index is 6.06. The van der Waals surface area contributed by atoms with Crippen LogP contribution in [0.2, 0.25) is 0 Å². The Kier molecular flexibility index (Phi) is 7.17. The monoisotopic (exact) mass is 445 g/mol. The van der Waals surface area contributed by atoms with Crippen molar-refractivity contribution >= 4 is 0 Å². The zero-order valence-corrected chi connectivity index (χ0v) is 21.4. The van der Waals surface area contributed by atoms with Crippen molar-refractivity contribution in [2.24, 2.45) is 5.92 Å². The van der Waals surface area contributed by atoms with Crippen molar-refractivity contribution < 1.29 is 4.74 Å². The highest BCUT2D eigenvalue weighted by Crippen LogP contribution is 2.46. The Bertz CT molecular complexity index is 898. The first-order valence-electron chi connectivity index (χ1n) is 12.9. The number of benzene rings is 2. The first-order chi connectivity index (χ1) is 15.7. The second-order valence-corrected chi connectivity index (χ2v) is 11.7. The average molecular weight is 446 g/mol. The van der Waals surface area contributed by atoms with Gasteiger partial charge in [0.15, 0.2) is 0 Å². The summed E-state index contributed by atoms with van der Waals surface area (Å²) in [6.45, 7) is 17.8. The molecule has 178 valence electrons. The molecule has 0 saturated carbocycles. The summed E-state index contributed by atoms with van der Waals surface area (Å²) in [4.78, 5) is 2.70. The molecule has 2 atom stereocenters. The molecule has 4 rings (SSSR count). The number of piperidine rings is 1. The van der Waals surface area contributed by atoms with Gasteiger partial charge in [-0.1, -0.05) is 61.5 Å². The first-order valence-corrected chi connectivity index (χ1v) is 12.9. The fraction of sp³-hybridized carbons (Fsp3) is 0.548. The Labute approximate surface area is 202 Å². The van der Waals surface area contributed by atoms with Gasteiger partial charge in [-0.05, 0) is 93.9 Å². The van der Waals surface area contributed by atoms with Crippen molar-refractivity contribution in [3.8, 4) is 11.1 Å². The molecule has 2 aliphatic rings. The van der Waals surface area contributed by atoms with E-state index in [2.05, 4.69) is 94.6 Å². The van der Waals surface area contributed by atoms with Gasteiger partial charge in [-0.2, -0.15) is 0 Å². The van der Waals surface area contributed by atoms with Crippen molar-refractivity contribution in [1.82, 2.24) is 4.90 Å². The Morgan fingerprint density at radius 3 is 1.91 bits per heavy atom. The van der Waals surface area contributed by atoms with Crippen LogP contribution in [0.15, 0.2) is 61.2 Å². The van der Waals surface area contributed by atoms with Crippen LogP contribution >= 0.6 is 0 Å². The summed E-state index contributed by atoms with van der Waals surface area (Å²) >= 11 is 0. The first kappa shape index (κ1) is 24.2. The van der Waals surface area contributed by atoms with Gasteiger partial charge in [-0.25, -0.2) is 0 Å². The van der Waals surface area contributed by atoms with Gasteiger partial charge in [0, 0.05) is 24.2 Å². The average Bonchev–Trinajstić information content (AvgIpc) is 2.78. The number of rotatable bonds is 6. The zero-order chi connectivity index (χ0) is 23.6. The van der Waals surface area contributed by atoms with Crippen LogP contribution in [0.25, 0.3) is 11.1 Å². The molecule has 2 aliphatic heterocycles. The molecule has 0 aliphatic carbocycles. The van der Waals surface area contributed by atoms with E-state index in [1.54, 1.807) is 0 Å². The normalized spacial score (nSPS) is 25.6. The standard InChI is InChI=1S/C31H43NO/c1-7-8-19-32-30(3,4)20-28(21-31(32,5)6)26-12-10-24(11-13-26)25-14-16-27(17-15-25)29-18-9-23(2)22-33-29/h7,10-17,23,28-29H,1,8-9,18-22H2,2-6H3. The number of hydrogen-bond acceptors (Lipinski definition) is 2. The van der Waals surface area contributed by atoms with Crippen LogP contribution in [-0.2, 0) is 4.74 Å². The van der Waals surface area contributed by atoms with Crippen LogP contribution in [-0.4, -0.2) is 29.1 Å². The molecule has 2 nitrogen and oxygen atoms in total. The third kappa shape index (κ3) is 5.44. The third-order valence-corrected chi connectivity index (χ3v) is 8.01. The summed E-state index contributed by atoms with van der Waals surface area (Å²) in [6, 6.07) is 18.4. The largest absolute Gasteiger partial charge is 0.373 e. The van der Waals surface area contributed by atoms with Gasteiger partial charge in [0.05, 0.1) is 6.10 Å². The Balaban J connectivity index is 1.45. The SMILES string of the molecule is C=CCCN1C(C)(C)CC(c2ccc(-c3ccc(C4CCC(C)CO4)cc3)cc2)CC1(C)C. The second kappa shape index (κ2) is 9.76. The molecule has 33 heavy (non-hydrogen) atoms. The van der Waals surface area contributed by atoms with Gasteiger partial charge < -0.3 is 4.74 Å². The Morgan fingerprint density at radius 2 is 1.42 bits per heavy atom. The van der Waals surface area contributed by atoms with Crippen molar-refractivity contribution in [3.63, 3.8) is 0 Å². The third-order valence-electron chi connectivity index (χ3n) is 8.01. The molecule has 0 aromatic heterocycles. The summed E-state index contributed by atoms with van der Waals surface area (Å²) in [5, 5.41) is 0. The Morgan fingerprint density at radius 1 is 0.879 bits per heavy atom. The van der Waals surface area contributed by atoms with Gasteiger partial charge >= 0.3 is 0 Å². The lowest BCUT2D eigenvalue weighted by Crippen LogP contribution is -2.60. The zero-order valence-electron chi connectivity index (χ0n) is 21.4. The van der Waals surface area contributed by atoms with Crippen LogP contribution in [0, 0.1) is 5.92 Å². The minimum Gasteiger partial charge on any atom is -0.373 e. The molecule has 2 saturated heterocycles. The van der Waals surface area contributed by atoms with Gasteiger partial charge in [0.2, 0.25) is 0 Å². The van der Waals surface area contributed by atoms with E-state index < -0.39 is 0 Å². The van der Waals surface area contributed by atoms with Crippen molar-refractivity contribution in [2.75, 3.05) is 13.2 Å². The summed E-state index contributed by atoms with van der Waals surface area (Å²) in [6.07, 6.45) is 8.15. The maximum Gasteiger partial charge on any atom is 0.0825 e. The molecule has 2 fully saturated rings. The molecular weight excluding hydrogens is 402 g/mol. The van der Waals surface area contributed by atoms with E-state index in [1.807, 2.05) is 6.08 Å². The highest BCUT2D eigenvalue weighted by molar-refractivity contribution is 5.64. The lowest BCUT2D eigenvalue weighted by molar-refractivity contribution is -0.0346. The van der Waals surface area contributed by atoms with Crippen molar-refractivity contribution in [3.05, 3.63) is 72.3 Å². The fourth-order valence-corrected chi connectivity index (χ4v) is 6.36. The summed E-state index contributed by atoms with van der Waals surface area (Å²) in [7, 11) is 0. The lowest BCUT2D eigenvalue weighted by Gasteiger charge is -2.55. The van der Waals surface area contributed by atoms with Crippen LogP contribution in [0.1, 0.15) is 89.9 Å². The van der Waals surface area contributed by atoms with E-state index in [-0.39, 0.29) is 17.2 Å². The molecule has 2 aromatic rings. The molecular formula is C31H43NO. The highest BCUT2D eigenvalue weighted by Gasteiger charge is 2.44. The van der Waals surface area contributed by atoms with Gasteiger partial charge in [0.1, 0.15) is 0 Å². The summed E-state index contributed by atoms with van der Waals surface area (Å²) in [5.74, 6) is 1.28. The minimum atomic E-state index is 0.183. The Hall–Kier alpha value is -1.90. The number of hydrogen-bond donors (Lipinski definition) is 0. The number of ether oxygens (including phenoxy) is 1.